The number of hydrogen-bond donors (Lipinski definition) is 2. The summed E-state index contributed by atoms with van der Waals surface area (Å²) in [7, 11) is 0. The van der Waals surface area contributed by atoms with E-state index in [0.29, 0.717) is 25.9 Å². The van der Waals surface area contributed by atoms with Crippen LogP contribution in [0, 0.1) is 17.6 Å². The van der Waals surface area contributed by atoms with Crippen LogP contribution in [0.25, 0.3) is 0 Å². The first-order valence-corrected chi connectivity index (χ1v) is 8.03. The highest BCUT2D eigenvalue weighted by molar-refractivity contribution is 5.78. The highest BCUT2D eigenvalue weighted by Gasteiger charge is 2.27. The number of rotatable bonds is 5. The number of hydrogen-bond acceptors (Lipinski definition) is 3. The van der Waals surface area contributed by atoms with Gasteiger partial charge in [-0.2, -0.15) is 0 Å². The lowest BCUT2D eigenvalue weighted by molar-refractivity contribution is -0.127. The van der Waals surface area contributed by atoms with E-state index < -0.39 is 17.7 Å². The number of likely N-dealkylation sites (tertiary alicyclic amines) is 1. The molecule has 1 unspecified atom stereocenters. The molecule has 0 saturated carbocycles. The number of nitrogens with one attached hydrogen (secondary N) is 1. The molecule has 128 valence electrons. The van der Waals surface area contributed by atoms with Crippen molar-refractivity contribution in [1.29, 1.82) is 0 Å². The molecule has 0 aromatic heterocycles. The molecule has 2 N–H and O–H groups in total. The molecule has 1 heterocycles. The summed E-state index contributed by atoms with van der Waals surface area (Å²) in [5, 5.41) is 13.0. The van der Waals surface area contributed by atoms with E-state index in [4.69, 9.17) is 0 Å². The fourth-order valence-corrected chi connectivity index (χ4v) is 2.94. The van der Waals surface area contributed by atoms with Gasteiger partial charge in [-0.1, -0.05) is 6.07 Å². The summed E-state index contributed by atoms with van der Waals surface area (Å²) in [5.74, 6) is -1.44. The lowest BCUT2D eigenvalue weighted by atomic mass is 9.95. The molecule has 6 heteroatoms. The molecule has 1 atom stereocenters. The predicted octanol–water partition coefficient (Wildman–Crippen LogP) is 2.23. The number of nitrogens with zero attached hydrogens (tertiary/aromatic N) is 1. The Morgan fingerprint density at radius 1 is 1.30 bits per heavy atom. The van der Waals surface area contributed by atoms with Crippen LogP contribution in [0.4, 0.5) is 8.78 Å². The zero-order chi connectivity index (χ0) is 17.0. The summed E-state index contributed by atoms with van der Waals surface area (Å²) in [6.45, 7) is 5.27. The standard InChI is InChI=1S/C17H24F2N2O2/c1-11(2)20-17(23)12-6-8-21(9-7-12)10-15(22)16-13(18)4-3-5-14(16)19/h3-5,11-12,15,22H,6-10H2,1-2H3,(H,20,23). The van der Waals surface area contributed by atoms with E-state index in [1.54, 1.807) is 0 Å². The highest BCUT2D eigenvalue weighted by Crippen LogP contribution is 2.24. The quantitative estimate of drug-likeness (QED) is 0.872. The predicted molar refractivity (Wildman–Crippen MR) is 83.8 cm³/mol. The van der Waals surface area contributed by atoms with Gasteiger partial charge in [0.15, 0.2) is 0 Å². The largest absolute Gasteiger partial charge is 0.387 e. The van der Waals surface area contributed by atoms with Gasteiger partial charge in [0.2, 0.25) is 5.91 Å². The van der Waals surface area contributed by atoms with Crippen molar-refractivity contribution >= 4 is 5.91 Å². The van der Waals surface area contributed by atoms with Gasteiger partial charge in [-0.3, -0.25) is 4.79 Å². The third-order valence-electron chi connectivity index (χ3n) is 4.15. The van der Waals surface area contributed by atoms with Crippen molar-refractivity contribution in [2.75, 3.05) is 19.6 Å². The number of carbonyl (C=O) groups excluding carboxylic acids is 1. The van der Waals surface area contributed by atoms with E-state index in [-0.39, 0.29) is 30.0 Å². The summed E-state index contributed by atoms with van der Waals surface area (Å²) >= 11 is 0. The third kappa shape index (κ3) is 4.72. The zero-order valence-corrected chi connectivity index (χ0v) is 13.6. The number of amides is 1. The molecule has 1 aromatic carbocycles. The van der Waals surface area contributed by atoms with Gasteiger partial charge >= 0.3 is 0 Å². The Hall–Kier alpha value is -1.53. The maximum atomic E-state index is 13.7. The zero-order valence-electron chi connectivity index (χ0n) is 13.6. The van der Waals surface area contributed by atoms with Crippen LogP contribution in [0.1, 0.15) is 38.4 Å². The molecule has 1 amide bonds. The molecular formula is C17H24F2N2O2. The molecule has 1 fully saturated rings. The molecule has 0 aliphatic carbocycles. The van der Waals surface area contributed by atoms with E-state index in [2.05, 4.69) is 5.32 Å². The molecular weight excluding hydrogens is 302 g/mol. The van der Waals surface area contributed by atoms with Crippen molar-refractivity contribution in [3.8, 4) is 0 Å². The lowest BCUT2D eigenvalue weighted by Gasteiger charge is -2.33. The maximum absolute atomic E-state index is 13.7. The fraction of sp³-hybridized carbons (Fsp3) is 0.588. The molecule has 23 heavy (non-hydrogen) atoms. The Morgan fingerprint density at radius 3 is 2.39 bits per heavy atom. The van der Waals surface area contributed by atoms with Gasteiger partial charge in [0.1, 0.15) is 11.6 Å². The Labute approximate surface area is 135 Å². The SMILES string of the molecule is CC(C)NC(=O)C1CCN(CC(O)c2c(F)cccc2F)CC1. The van der Waals surface area contributed by atoms with Crippen LogP contribution in [-0.4, -0.2) is 41.6 Å². The van der Waals surface area contributed by atoms with E-state index in [1.807, 2.05) is 18.7 Å². The minimum atomic E-state index is -1.21. The van der Waals surface area contributed by atoms with Gasteiger partial charge in [-0.25, -0.2) is 8.78 Å². The van der Waals surface area contributed by atoms with Gasteiger partial charge in [-0.05, 0) is 51.9 Å². The van der Waals surface area contributed by atoms with Crippen LogP contribution in [0.2, 0.25) is 0 Å². The van der Waals surface area contributed by atoms with E-state index in [1.165, 1.54) is 6.07 Å². The number of piperidine rings is 1. The Bertz CT molecular complexity index is 523. The topological polar surface area (TPSA) is 52.6 Å². The summed E-state index contributed by atoms with van der Waals surface area (Å²) in [6.07, 6.45) is 0.160. The number of benzene rings is 1. The average Bonchev–Trinajstić information content (AvgIpc) is 2.47. The summed E-state index contributed by atoms with van der Waals surface area (Å²) in [4.78, 5) is 13.9. The van der Waals surface area contributed by atoms with Crippen molar-refractivity contribution in [2.45, 2.75) is 38.8 Å². The first-order chi connectivity index (χ1) is 10.9. The molecule has 1 aliphatic heterocycles. The van der Waals surface area contributed by atoms with E-state index in [9.17, 15) is 18.7 Å². The normalized spacial score (nSPS) is 18.2. The van der Waals surface area contributed by atoms with E-state index in [0.717, 1.165) is 12.1 Å². The minimum Gasteiger partial charge on any atom is -0.387 e. The average molecular weight is 326 g/mol. The van der Waals surface area contributed by atoms with Gasteiger partial charge in [0, 0.05) is 18.5 Å². The van der Waals surface area contributed by atoms with Crippen molar-refractivity contribution in [1.82, 2.24) is 10.2 Å². The van der Waals surface area contributed by atoms with Crippen LogP contribution in [0.15, 0.2) is 18.2 Å². The molecule has 4 nitrogen and oxygen atoms in total. The van der Waals surface area contributed by atoms with Gasteiger partial charge in [0.05, 0.1) is 11.7 Å². The summed E-state index contributed by atoms with van der Waals surface area (Å²) < 4.78 is 27.3. The Kier molecular flexibility index (Phi) is 6.07. The second kappa shape index (κ2) is 7.84. The molecule has 1 saturated heterocycles. The molecule has 0 radical (unpaired) electrons. The second-order valence-corrected chi connectivity index (χ2v) is 6.39. The number of carbonyl (C=O) groups is 1. The van der Waals surface area contributed by atoms with Crippen molar-refractivity contribution in [2.24, 2.45) is 5.92 Å². The van der Waals surface area contributed by atoms with Gasteiger partial charge in [-0.15, -0.1) is 0 Å². The monoisotopic (exact) mass is 326 g/mol. The van der Waals surface area contributed by atoms with Crippen LogP contribution >= 0.6 is 0 Å². The maximum Gasteiger partial charge on any atom is 0.223 e. The second-order valence-electron chi connectivity index (χ2n) is 6.39. The third-order valence-corrected chi connectivity index (χ3v) is 4.15. The number of aliphatic hydroxyl groups is 1. The molecule has 0 spiro atoms. The van der Waals surface area contributed by atoms with Crippen LogP contribution in [-0.2, 0) is 4.79 Å². The van der Waals surface area contributed by atoms with E-state index >= 15 is 0 Å². The smallest absolute Gasteiger partial charge is 0.223 e. The highest BCUT2D eigenvalue weighted by atomic mass is 19.1. The molecule has 2 rings (SSSR count). The molecule has 1 aromatic rings. The molecule has 1 aliphatic rings. The van der Waals surface area contributed by atoms with Crippen molar-refractivity contribution in [3.05, 3.63) is 35.4 Å². The fourth-order valence-electron chi connectivity index (χ4n) is 2.94. The number of halogens is 2. The Balaban J connectivity index is 1.88. The summed E-state index contributed by atoms with van der Waals surface area (Å²) in [6, 6.07) is 3.68. The van der Waals surface area contributed by atoms with Crippen LogP contribution in [0.5, 0.6) is 0 Å². The first-order valence-electron chi connectivity index (χ1n) is 8.03. The summed E-state index contributed by atoms with van der Waals surface area (Å²) in [5.41, 5.74) is -0.285. The van der Waals surface area contributed by atoms with Gasteiger partial charge < -0.3 is 15.3 Å². The number of β-amino-alcohol motifs (C(OH)–C–C–N with tert-alkyl or cyclic N) is 1. The van der Waals surface area contributed by atoms with Crippen molar-refractivity contribution in [3.63, 3.8) is 0 Å². The van der Waals surface area contributed by atoms with Gasteiger partial charge in [0.25, 0.3) is 0 Å². The lowest BCUT2D eigenvalue weighted by Crippen LogP contribution is -2.43. The van der Waals surface area contributed by atoms with Crippen LogP contribution in [0.3, 0.4) is 0 Å². The first kappa shape index (κ1) is 17.8. The Morgan fingerprint density at radius 2 is 1.87 bits per heavy atom. The number of aliphatic hydroxyl groups excluding tert-OH is 1. The minimum absolute atomic E-state index is 0.0315. The van der Waals surface area contributed by atoms with Crippen LogP contribution < -0.4 is 5.32 Å². The molecule has 0 bridgehead atoms. The van der Waals surface area contributed by atoms with Crippen molar-refractivity contribution < 1.29 is 18.7 Å².